The molecule has 7 heteroatoms. The maximum atomic E-state index is 10.8. The molecule has 2 heterocycles. The van der Waals surface area contributed by atoms with E-state index in [1.807, 2.05) is 0 Å². The van der Waals surface area contributed by atoms with E-state index in [0.29, 0.717) is 24.8 Å². The summed E-state index contributed by atoms with van der Waals surface area (Å²) in [5.74, 6) is 0. The van der Waals surface area contributed by atoms with Crippen molar-refractivity contribution in [3.05, 3.63) is 33.3 Å². The molecule has 0 aliphatic carbocycles. The van der Waals surface area contributed by atoms with E-state index in [4.69, 9.17) is 21.1 Å². The Hall–Kier alpha value is -1.37. The number of nitrogens with zero attached hydrogens (tertiary/aromatic N) is 2. The second-order valence-electron chi connectivity index (χ2n) is 5.46. The van der Waals surface area contributed by atoms with Crippen LogP contribution in [0.2, 0.25) is 5.02 Å². The third-order valence-corrected chi connectivity index (χ3v) is 4.44. The summed E-state index contributed by atoms with van der Waals surface area (Å²) in [6.45, 7) is 3.53. The van der Waals surface area contributed by atoms with Gasteiger partial charge in [0.15, 0.2) is 0 Å². The van der Waals surface area contributed by atoms with Gasteiger partial charge >= 0.3 is 0 Å². The van der Waals surface area contributed by atoms with Crippen molar-refractivity contribution in [3.8, 4) is 0 Å². The quantitative estimate of drug-likeness (QED) is 0.620. The van der Waals surface area contributed by atoms with Crippen LogP contribution in [0.15, 0.2) is 18.2 Å². The maximum Gasteiger partial charge on any atom is 0.271 e. The summed E-state index contributed by atoms with van der Waals surface area (Å²) in [5.41, 5.74) is 0.663. The number of hydrogen-bond acceptors (Lipinski definition) is 5. The lowest BCUT2D eigenvalue weighted by Crippen LogP contribution is -2.54. The lowest BCUT2D eigenvalue weighted by Gasteiger charge is -2.45. The van der Waals surface area contributed by atoms with Gasteiger partial charge in [-0.25, -0.2) is 0 Å². The van der Waals surface area contributed by atoms with Crippen molar-refractivity contribution in [1.29, 1.82) is 0 Å². The highest BCUT2D eigenvalue weighted by atomic mass is 35.5. The molecule has 0 amide bonds. The predicted molar refractivity (Wildman–Crippen MR) is 79.1 cm³/mol. The standard InChI is InChI=1S/C14H17ClN2O4/c15-12-9-11(17(18)19)1-2-13(12)16-5-8-21-14(10-16)3-6-20-7-4-14/h1-2,9H,3-8,10H2. The number of non-ortho nitro benzene ring substituents is 1. The van der Waals surface area contributed by atoms with Gasteiger partial charge in [-0.3, -0.25) is 10.1 Å². The summed E-state index contributed by atoms with van der Waals surface area (Å²) in [6.07, 6.45) is 1.74. The number of ether oxygens (including phenoxy) is 2. The molecule has 0 saturated carbocycles. The molecule has 3 rings (SSSR count). The van der Waals surface area contributed by atoms with Crippen molar-refractivity contribution in [2.75, 3.05) is 37.8 Å². The smallest absolute Gasteiger partial charge is 0.271 e. The molecule has 0 N–H and O–H groups in total. The number of rotatable bonds is 2. The Bertz CT molecular complexity index is 540. The largest absolute Gasteiger partial charge is 0.381 e. The summed E-state index contributed by atoms with van der Waals surface area (Å²) in [6, 6.07) is 4.62. The molecule has 2 aliphatic heterocycles. The molecule has 21 heavy (non-hydrogen) atoms. The molecule has 2 fully saturated rings. The van der Waals surface area contributed by atoms with Crippen LogP contribution in [-0.2, 0) is 9.47 Å². The van der Waals surface area contributed by atoms with E-state index in [1.165, 1.54) is 12.1 Å². The van der Waals surface area contributed by atoms with Crippen LogP contribution in [0.1, 0.15) is 12.8 Å². The normalized spacial score (nSPS) is 21.5. The van der Waals surface area contributed by atoms with Crippen LogP contribution in [0.3, 0.4) is 0 Å². The molecule has 0 bridgehead atoms. The van der Waals surface area contributed by atoms with Crippen molar-refractivity contribution in [2.24, 2.45) is 0 Å². The molecule has 0 atom stereocenters. The zero-order valence-electron chi connectivity index (χ0n) is 11.6. The Morgan fingerprint density at radius 1 is 1.29 bits per heavy atom. The molecule has 2 aliphatic rings. The van der Waals surface area contributed by atoms with Crippen LogP contribution in [0.4, 0.5) is 11.4 Å². The average molecular weight is 313 g/mol. The first-order valence-electron chi connectivity index (χ1n) is 7.00. The summed E-state index contributed by atoms with van der Waals surface area (Å²) in [7, 11) is 0. The monoisotopic (exact) mass is 312 g/mol. The summed E-state index contributed by atoms with van der Waals surface area (Å²) < 4.78 is 11.4. The number of halogens is 1. The number of morpholine rings is 1. The van der Waals surface area contributed by atoms with Crippen LogP contribution < -0.4 is 4.90 Å². The highest BCUT2D eigenvalue weighted by Gasteiger charge is 2.38. The second kappa shape index (κ2) is 5.79. The Labute approximate surface area is 127 Å². The van der Waals surface area contributed by atoms with Gasteiger partial charge in [0.1, 0.15) is 0 Å². The van der Waals surface area contributed by atoms with E-state index < -0.39 is 4.92 Å². The Kier molecular flexibility index (Phi) is 4.01. The van der Waals surface area contributed by atoms with Crippen LogP contribution in [0.25, 0.3) is 0 Å². The van der Waals surface area contributed by atoms with E-state index in [1.54, 1.807) is 6.07 Å². The first-order valence-corrected chi connectivity index (χ1v) is 7.38. The van der Waals surface area contributed by atoms with Gasteiger partial charge in [0, 0.05) is 51.3 Å². The molecule has 1 spiro atoms. The summed E-state index contributed by atoms with van der Waals surface area (Å²) >= 11 is 6.22. The van der Waals surface area contributed by atoms with Gasteiger partial charge in [-0.05, 0) is 6.07 Å². The van der Waals surface area contributed by atoms with Crippen molar-refractivity contribution in [3.63, 3.8) is 0 Å². The van der Waals surface area contributed by atoms with Crippen LogP contribution >= 0.6 is 11.6 Å². The van der Waals surface area contributed by atoms with Gasteiger partial charge in [-0.15, -0.1) is 0 Å². The minimum absolute atomic E-state index is 0.0118. The molecule has 0 unspecified atom stereocenters. The van der Waals surface area contributed by atoms with Crippen LogP contribution in [0, 0.1) is 10.1 Å². The Morgan fingerprint density at radius 3 is 2.71 bits per heavy atom. The topological polar surface area (TPSA) is 64.8 Å². The number of anilines is 1. The zero-order valence-corrected chi connectivity index (χ0v) is 12.3. The van der Waals surface area contributed by atoms with Crippen molar-refractivity contribution >= 4 is 23.0 Å². The minimum Gasteiger partial charge on any atom is -0.381 e. The first kappa shape index (κ1) is 14.6. The van der Waals surface area contributed by atoms with Gasteiger partial charge in [0.05, 0.1) is 27.8 Å². The van der Waals surface area contributed by atoms with Gasteiger partial charge in [-0.2, -0.15) is 0 Å². The van der Waals surface area contributed by atoms with Crippen molar-refractivity contribution < 1.29 is 14.4 Å². The molecule has 1 aromatic carbocycles. The predicted octanol–water partition coefficient (Wildman–Crippen LogP) is 2.63. The average Bonchev–Trinajstić information content (AvgIpc) is 2.48. The van der Waals surface area contributed by atoms with Gasteiger partial charge in [0.25, 0.3) is 5.69 Å². The van der Waals surface area contributed by atoms with E-state index >= 15 is 0 Å². The lowest BCUT2D eigenvalue weighted by atomic mass is 9.92. The zero-order chi connectivity index (χ0) is 14.9. The molecule has 0 radical (unpaired) electrons. The number of hydrogen-bond donors (Lipinski definition) is 0. The van der Waals surface area contributed by atoms with E-state index in [0.717, 1.165) is 31.6 Å². The van der Waals surface area contributed by atoms with Crippen LogP contribution in [0.5, 0.6) is 0 Å². The molecule has 1 aromatic rings. The Morgan fingerprint density at radius 2 is 2.05 bits per heavy atom. The van der Waals surface area contributed by atoms with Gasteiger partial charge in [0.2, 0.25) is 0 Å². The summed E-state index contributed by atoms with van der Waals surface area (Å²) in [4.78, 5) is 12.5. The minimum atomic E-state index is -0.436. The fourth-order valence-corrected chi connectivity index (χ4v) is 3.26. The Balaban J connectivity index is 1.81. The highest BCUT2D eigenvalue weighted by molar-refractivity contribution is 6.33. The van der Waals surface area contributed by atoms with Gasteiger partial charge in [-0.1, -0.05) is 11.6 Å². The highest BCUT2D eigenvalue weighted by Crippen LogP contribution is 2.35. The molecular formula is C14H17ClN2O4. The SMILES string of the molecule is O=[N+]([O-])c1ccc(N2CCOC3(CCOCC3)C2)c(Cl)c1. The molecule has 114 valence electrons. The lowest BCUT2D eigenvalue weighted by molar-refractivity contribution is -0.384. The van der Waals surface area contributed by atoms with Crippen molar-refractivity contribution in [1.82, 2.24) is 0 Å². The third kappa shape index (κ3) is 2.97. The number of nitro groups is 1. The van der Waals surface area contributed by atoms with Crippen molar-refractivity contribution in [2.45, 2.75) is 18.4 Å². The molecule has 0 aromatic heterocycles. The van der Waals surface area contributed by atoms with Gasteiger partial charge < -0.3 is 14.4 Å². The second-order valence-corrected chi connectivity index (χ2v) is 5.87. The van der Waals surface area contributed by atoms with Crippen LogP contribution in [-0.4, -0.2) is 43.4 Å². The molecular weight excluding hydrogens is 296 g/mol. The number of nitro benzene ring substituents is 1. The molecule has 2 saturated heterocycles. The van der Waals surface area contributed by atoms with E-state index in [9.17, 15) is 10.1 Å². The summed E-state index contributed by atoms with van der Waals surface area (Å²) in [5, 5.41) is 11.2. The van der Waals surface area contributed by atoms with E-state index in [-0.39, 0.29) is 11.3 Å². The fraction of sp³-hybridized carbons (Fsp3) is 0.571. The molecule has 6 nitrogen and oxygen atoms in total. The fourth-order valence-electron chi connectivity index (χ4n) is 2.96. The third-order valence-electron chi connectivity index (χ3n) is 4.14. The first-order chi connectivity index (χ1) is 10.1. The van der Waals surface area contributed by atoms with E-state index in [2.05, 4.69) is 4.90 Å². The number of benzene rings is 1. The maximum absolute atomic E-state index is 10.8.